The topological polar surface area (TPSA) is 68.0 Å². The number of carbonyl (C=O) groups is 1. The standard InChI is InChI=1S/C15H21N3OS/c16-10-5-11-17-14(19)8-3-4-9-15-18-12-6-1-2-7-13(12)20-15/h1-2,6-7H,3-5,8-11,16H2,(H,17,19). The minimum atomic E-state index is 0.128. The van der Waals surface area contributed by atoms with Gasteiger partial charge in [-0.05, 0) is 44.4 Å². The van der Waals surface area contributed by atoms with Gasteiger partial charge in [0, 0.05) is 13.0 Å². The van der Waals surface area contributed by atoms with Gasteiger partial charge in [0.05, 0.1) is 15.2 Å². The molecule has 1 amide bonds. The van der Waals surface area contributed by atoms with E-state index in [0.29, 0.717) is 19.5 Å². The molecule has 0 aliphatic heterocycles. The molecule has 5 heteroatoms. The molecular formula is C15H21N3OS. The number of aryl methyl sites for hydroxylation is 1. The fraction of sp³-hybridized carbons (Fsp3) is 0.467. The molecule has 0 saturated carbocycles. The Morgan fingerprint density at radius 3 is 2.90 bits per heavy atom. The summed E-state index contributed by atoms with van der Waals surface area (Å²) < 4.78 is 1.24. The van der Waals surface area contributed by atoms with Gasteiger partial charge in [-0.15, -0.1) is 11.3 Å². The fourth-order valence-corrected chi connectivity index (χ4v) is 3.02. The molecule has 0 unspecified atom stereocenters. The van der Waals surface area contributed by atoms with Crippen molar-refractivity contribution in [2.24, 2.45) is 5.73 Å². The average Bonchev–Trinajstić information content (AvgIpc) is 2.86. The third-order valence-corrected chi connectivity index (χ3v) is 4.18. The number of carbonyl (C=O) groups excluding carboxylic acids is 1. The maximum absolute atomic E-state index is 11.5. The molecule has 2 aromatic rings. The first kappa shape index (κ1) is 14.9. The van der Waals surface area contributed by atoms with Crippen molar-refractivity contribution in [1.29, 1.82) is 0 Å². The number of nitrogens with zero attached hydrogens (tertiary/aromatic N) is 1. The Labute approximate surface area is 123 Å². The number of rotatable bonds is 8. The molecule has 2 rings (SSSR count). The molecule has 0 spiro atoms. The molecule has 3 N–H and O–H groups in total. The molecule has 1 aromatic carbocycles. The van der Waals surface area contributed by atoms with Crippen LogP contribution >= 0.6 is 11.3 Å². The summed E-state index contributed by atoms with van der Waals surface area (Å²) in [4.78, 5) is 16.1. The highest BCUT2D eigenvalue weighted by Crippen LogP contribution is 2.22. The number of hydrogen-bond donors (Lipinski definition) is 2. The van der Waals surface area contributed by atoms with Crippen LogP contribution in [0.5, 0.6) is 0 Å². The molecule has 0 radical (unpaired) electrons. The predicted molar refractivity (Wildman–Crippen MR) is 83.9 cm³/mol. The summed E-state index contributed by atoms with van der Waals surface area (Å²) in [6.07, 6.45) is 4.30. The van der Waals surface area contributed by atoms with Gasteiger partial charge in [-0.3, -0.25) is 4.79 Å². The maximum Gasteiger partial charge on any atom is 0.219 e. The molecule has 1 heterocycles. The lowest BCUT2D eigenvalue weighted by Gasteiger charge is -2.03. The minimum absolute atomic E-state index is 0.128. The van der Waals surface area contributed by atoms with Crippen LogP contribution < -0.4 is 11.1 Å². The lowest BCUT2D eigenvalue weighted by atomic mass is 10.2. The van der Waals surface area contributed by atoms with E-state index in [4.69, 9.17) is 5.73 Å². The number of benzene rings is 1. The van der Waals surface area contributed by atoms with Crippen molar-refractivity contribution in [3.63, 3.8) is 0 Å². The third kappa shape index (κ3) is 4.58. The Hall–Kier alpha value is -1.46. The smallest absolute Gasteiger partial charge is 0.219 e. The van der Waals surface area contributed by atoms with Crippen molar-refractivity contribution in [3.05, 3.63) is 29.3 Å². The van der Waals surface area contributed by atoms with Crippen LogP contribution in [0.4, 0.5) is 0 Å². The molecule has 20 heavy (non-hydrogen) atoms. The van der Waals surface area contributed by atoms with Crippen LogP contribution in [-0.4, -0.2) is 24.0 Å². The van der Waals surface area contributed by atoms with Crippen LogP contribution in [0.3, 0.4) is 0 Å². The summed E-state index contributed by atoms with van der Waals surface area (Å²) in [7, 11) is 0. The molecule has 0 atom stereocenters. The maximum atomic E-state index is 11.5. The van der Waals surface area contributed by atoms with Crippen molar-refractivity contribution in [2.45, 2.75) is 32.1 Å². The average molecular weight is 291 g/mol. The highest BCUT2D eigenvalue weighted by molar-refractivity contribution is 7.18. The van der Waals surface area contributed by atoms with Gasteiger partial charge in [-0.1, -0.05) is 12.1 Å². The summed E-state index contributed by atoms with van der Waals surface area (Å²) in [5.41, 5.74) is 6.45. The number of unbranched alkanes of at least 4 members (excludes halogenated alkanes) is 1. The lowest BCUT2D eigenvalue weighted by molar-refractivity contribution is -0.121. The molecule has 108 valence electrons. The number of aromatic nitrogens is 1. The zero-order chi connectivity index (χ0) is 14.2. The Morgan fingerprint density at radius 1 is 1.25 bits per heavy atom. The lowest BCUT2D eigenvalue weighted by Crippen LogP contribution is -2.25. The van der Waals surface area contributed by atoms with Gasteiger partial charge in [-0.2, -0.15) is 0 Å². The van der Waals surface area contributed by atoms with Gasteiger partial charge >= 0.3 is 0 Å². The summed E-state index contributed by atoms with van der Waals surface area (Å²) in [6, 6.07) is 8.19. The molecule has 0 saturated heterocycles. The van der Waals surface area contributed by atoms with Crippen LogP contribution in [0.15, 0.2) is 24.3 Å². The van der Waals surface area contributed by atoms with Crippen molar-refractivity contribution in [3.8, 4) is 0 Å². The van der Waals surface area contributed by atoms with Crippen molar-refractivity contribution in [2.75, 3.05) is 13.1 Å². The van der Waals surface area contributed by atoms with Crippen molar-refractivity contribution in [1.82, 2.24) is 10.3 Å². The zero-order valence-electron chi connectivity index (χ0n) is 11.6. The monoisotopic (exact) mass is 291 g/mol. The van der Waals surface area contributed by atoms with Gasteiger partial charge in [0.25, 0.3) is 0 Å². The number of nitrogens with one attached hydrogen (secondary N) is 1. The quantitative estimate of drug-likeness (QED) is 0.734. The third-order valence-electron chi connectivity index (χ3n) is 3.09. The summed E-state index contributed by atoms with van der Waals surface area (Å²) in [6.45, 7) is 1.31. The molecule has 0 aliphatic carbocycles. The fourth-order valence-electron chi connectivity index (χ4n) is 2.01. The van der Waals surface area contributed by atoms with E-state index in [9.17, 15) is 4.79 Å². The molecule has 4 nitrogen and oxygen atoms in total. The first-order valence-electron chi connectivity index (χ1n) is 7.11. The number of nitrogens with two attached hydrogens (primary N) is 1. The van der Waals surface area contributed by atoms with E-state index < -0.39 is 0 Å². The highest BCUT2D eigenvalue weighted by atomic mass is 32.1. The van der Waals surface area contributed by atoms with E-state index >= 15 is 0 Å². The minimum Gasteiger partial charge on any atom is -0.356 e. The van der Waals surface area contributed by atoms with Crippen LogP contribution in [0, 0.1) is 0 Å². The van der Waals surface area contributed by atoms with E-state index in [1.54, 1.807) is 11.3 Å². The molecule has 0 aliphatic rings. The van der Waals surface area contributed by atoms with Crippen molar-refractivity contribution >= 4 is 27.5 Å². The summed E-state index contributed by atoms with van der Waals surface area (Å²) >= 11 is 1.75. The van der Waals surface area contributed by atoms with Gasteiger partial charge in [0.15, 0.2) is 0 Å². The Balaban J connectivity index is 1.67. The molecular weight excluding hydrogens is 270 g/mol. The highest BCUT2D eigenvalue weighted by Gasteiger charge is 2.04. The normalized spacial score (nSPS) is 10.8. The van der Waals surface area contributed by atoms with E-state index in [2.05, 4.69) is 16.4 Å². The van der Waals surface area contributed by atoms with Gasteiger partial charge in [-0.25, -0.2) is 4.98 Å². The number of para-hydroxylation sites is 1. The first-order valence-corrected chi connectivity index (χ1v) is 7.92. The van der Waals surface area contributed by atoms with E-state index in [1.807, 2.05) is 18.2 Å². The largest absolute Gasteiger partial charge is 0.356 e. The number of amides is 1. The van der Waals surface area contributed by atoms with Crippen LogP contribution in [0.1, 0.15) is 30.7 Å². The van der Waals surface area contributed by atoms with Crippen molar-refractivity contribution < 1.29 is 4.79 Å². The van der Waals surface area contributed by atoms with Crippen LogP contribution in [0.2, 0.25) is 0 Å². The zero-order valence-corrected chi connectivity index (χ0v) is 12.4. The molecule has 1 aromatic heterocycles. The summed E-state index contributed by atoms with van der Waals surface area (Å²) in [5.74, 6) is 0.128. The Bertz CT molecular complexity index is 520. The number of thiazole rings is 1. The Morgan fingerprint density at radius 2 is 2.10 bits per heavy atom. The first-order chi connectivity index (χ1) is 9.79. The van der Waals surface area contributed by atoms with Crippen LogP contribution in [0.25, 0.3) is 10.2 Å². The van der Waals surface area contributed by atoms with Gasteiger partial charge in [0.1, 0.15) is 0 Å². The van der Waals surface area contributed by atoms with E-state index in [-0.39, 0.29) is 5.91 Å². The second-order valence-electron chi connectivity index (χ2n) is 4.77. The second kappa shape index (κ2) is 7.97. The van der Waals surface area contributed by atoms with E-state index in [0.717, 1.165) is 36.2 Å². The van der Waals surface area contributed by atoms with Gasteiger partial charge < -0.3 is 11.1 Å². The molecule has 0 bridgehead atoms. The Kier molecular flexibility index (Phi) is 5.95. The van der Waals surface area contributed by atoms with E-state index in [1.165, 1.54) is 4.70 Å². The second-order valence-corrected chi connectivity index (χ2v) is 5.89. The number of hydrogen-bond acceptors (Lipinski definition) is 4. The number of fused-ring (bicyclic) bond motifs is 1. The predicted octanol–water partition coefficient (Wildman–Crippen LogP) is 2.47. The SMILES string of the molecule is NCCCNC(=O)CCCCc1nc2ccccc2s1. The summed E-state index contributed by atoms with van der Waals surface area (Å²) in [5, 5.41) is 4.03. The van der Waals surface area contributed by atoms with Crippen LogP contribution in [-0.2, 0) is 11.2 Å². The molecule has 0 fully saturated rings. The van der Waals surface area contributed by atoms with Gasteiger partial charge in [0.2, 0.25) is 5.91 Å².